The number of hydrogen-bond donors (Lipinski definition) is 1. The van der Waals surface area contributed by atoms with Crippen LogP contribution in [0.3, 0.4) is 0 Å². The Morgan fingerprint density at radius 3 is 2.50 bits per heavy atom. The summed E-state index contributed by atoms with van der Waals surface area (Å²) in [6.45, 7) is 8.31. The maximum atomic E-state index is 4.63. The van der Waals surface area contributed by atoms with Gasteiger partial charge in [-0.1, -0.05) is 33.1 Å². The van der Waals surface area contributed by atoms with Crippen molar-refractivity contribution in [2.45, 2.75) is 71.5 Å². The van der Waals surface area contributed by atoms with Crippen LogP contribution in [0.4, 0.5) is 5.82 Å². The van der Waals surface area contributed by atoms with E-state index in [0.29, 0.717) is 12.1 Å². The quantitative estimate of drug-likeness (QED) is 0.866. The molecule has 1 aromatic rings. The third kappa shape index (κ3) is 4.17. The normalized spacial score (nSPS) is 16.6. The van der Waals surface area contributed by atoms with Gasteiger partial charge in [-0.3, -0.25) is 4.98 Å². The molecular formula is C16H28N4. The standard InChI is InChI=1S/C16H28N4/c1-4-20(15-8-6-5-7-9-15)16-12-18-14(11-19-16)10-17-13(2)3/h11-13,15,17H,4-10H2,1-3H3. The van der Waals surface area contributed by atoms with Crippen LogP contribution in [0.1, 0.15) is 58.6 Å². The molecular weight excluding hydrogens is 248 g/mol. The average Bonchev–Trinajstić information content (AvgIpc) is 2.48. The minimum Gasteiger partial charge on any atom is -0.353 e. The van der Waals surface area contributed by atoms with Gasteiger partial charge in [-0.25, -0.2) is 4.98 Å². The zero-order valence-electron chi connectivity index (χ0n) is 13.1. The molecule has 112 valence electrons. The Morgan fingerprint density at radius 1 is 1.20 bits per heavy atom. The second-order valence-corrected chi connectivity index (χ2v) is 5.98. The third-order valence-corrected chi connectivity index (χ3v) is 4.03. The van der Waals surface area contributed by atoms with Crippen molar-refractivity contribution >= 4 is 5.82 Å². The third-order valence-electron chi connectivity index (χ3n) is 4.03. The maximum Gasteiger partial charge on any atom is 0.147 e. The summed E-state index contributed by atoms with van der Waals surface area (Å²) in [7, 11) is 0. The van der Waals surface area contributed by atoms with Crippen LogP contribution in [-0.4, -0.2) is 28.6 Å². The number of nitrogens with one attached hydrogen (secondary N) is 1. The Kier molecular flexibility index (Phi) is 5.77. The summed E-state index contributed by atoms with van der Waals surface area (Å²) in [6, 6.07) is 1.13. The molecule has 4 heteroatoms. The molecule has 0 unspecified atom stereocenters. The molecule has 0 aromatic carbocycles. The molecule has 0 aliphatic heterocycles. The monoisotopic (exact) mass is 276 g/mol. The van der Waals surface area contributed by atoms with Gasteiger partial charge in [-0.2, -0.15) is 0 Å². The highest BCUT2D eigenvalue weighted by molar-refractivity contribution is 5.37. The summed E-state index contributed by atoms with van der Waals surface area (Å²) in [5, 5.41) is 3.37. The molecule has 4 nitrogen and oxygen atoms in total. The first-order valence-corrected chi connectivity index (χ1v) is 8.01. The van der Waals surface area contributed by atoms with Crippen molar-refractivity contribution < 1.29 is 0 Å². The Morgan fingerprint density at radius 2 is 1.95 bits per heavy atom. The van der Waals surface area contributed by atoms with Gasteiger partial charge in [0.15, 0.2) is 0 Å². The van der Waals surface area contributed by atoms with Crippen LogP contribution in [0.5, 0.6) is 0 Å². The van der Waals surface area contributed by atoms with Gasteiger partial charge in [0, 0.05) is 25.2 Å². The van der Waals surface area contributed by atoms with Crippen LogP contribution in [0.15, 0.2) is 12.4 Å². The lowest BCUT2D eigenvalue weighted by Crippen LogP contribution is -2.37. The van der Waals surface area contributed by atoms with Gasteiger partial charge in [-0.15, -0.1) is 0 Å². The van der Waals surface area contributed by atoms with E-state index in [0.717, 1.165) is 24.6 Å². The predicted molar refractivity (Wildman–Crippen MR) is 83.9 cm³/mol. The van der Waals surface area contributed by atoms with E-state index >= 15 is 0 Å². The highest BCUT2D eigenvalue weighted by Gasteiger charge is 2.21. The topological polar surface area (TPSA) is 41.1 Å². The smallest absolute Gasteiger partial charge is 0.147 e. The molecule has 1 fully saturated rings. The zero-order chi connectivity index (χ0) is 14.4. The van der Waals surface area contributed by atoms with Crippen molar-refractivity contribution in [2.75, 3.05) is 11.4 Å². The van der Waals surface area contributed by atoms with Gasteiger partial charge >= 0.3 is 0 Å². The molecule has 0 saturated heterocycles. The SMILES string of the molecule is CCN(c1cnc(CNC(C)C)cn1)C1CCCCC1. The van der Waals surface area contributed by atoms with Crippen LogP contribution in [-0.2, 0) is 6.54 Å². The summed E-state index contributed by atoms with van der Waals surface area (Å²) >= 11 is 0. The van der Waals surface area contributed by atoms with E-state index in [9.17, 15) is 0 Å². The lowest BCUT2D eigenvalue weighted by molar-refractivity contribution is 0.416. The maximum absolute atomic E-state index is 4.63. The molecule has 1 aliphatic carbocycles. The Bertz CT molecular complexity index is 382. The Balaban J connectivity index is 1.99. The fraction of sp³-hybridized carbons (Fsp3) is 0.750. The highest BCUT2D eigenvalue weighted by atomic mass is 15.2. The summed E-state index contributed by atoms with van der Waals surface area (Å²) in [6.07, 6.45) is 10.5. The zero-order valence-corrected chi connectivity index (χ0v) is 13.1. The van der Waals surface area contributed by atoms with Crippen LogP contribution >= 0.6 is 0 Å². The van der Waals surface area contributed by atoms with Crippen LogP contribution < -0.4 is 10.2 Å². The molecule has 20 heavy (non-hydrogen) atoms. The van der Waals surface area contributed by atoms with Crippen molar-refractivity contribution in [3.05, 3.63) is 18.1 Å². The molecule has 0 atom stereocenters. The van der Waals surface area contributed by atoms with E-state index < -0.39 is 0 Å². The van der Waals surface area contributed by atoms with Gasteiger partial charge in [0.2, 0.25) is 0 Å². The molecule has 0 amide bonds. The molecule has 1 heterocycles. The van der Waals surface area contributed by atoms with Gasteiger partial charge in [0.25, 0.3) is 0 Å². The number of anilines is 1. The lowest BCUT2D eigenvalue weighted by Gasteiger charge is -2.34. The number of aromatic nitrogens is 2. The van der Waals surface area contributed by atoms with Crippen LogP contribution in [0, 0.1) is 0 Å². The minimum absolute atomic E-state index is 0.478. The Hall–Kier alpha value is -1.16. The predicted octanol–water partition coefficient (Wildman–Crippen LogP) is 3.13. The van der Waals surface area contributed by atoms with Gasteiger partial charge in [0.05, 0.1) is 18.1 Å². The van der Waals surface area contributed by atoms with Crippen molar-refractivity contribution in [1.29, 1.82) is 0 Å². The molecule has 1 saturated carbocycles. The lowest BCUT2D eigenvalue weighted by atomic mass is 9.94. The van der Waals surface area contributed by atoms with Crippen molar-refractivity contribution in [3.8, 4) is 0 Å². The van der Waals surface area contributed by atoms with E-state index in [1.165, 1.54) is 32.1 Å². The Labute approximate surface area is 123 Å². The van der Waals surface area contributed by atoms with E-state index in [2.05, 4.69) is 41.0 Å². The second kappa shape index (κ2) is 7.58. The number of rotatable bonds is 6. The molecule has 1 aliphatic rings. The van der Waals surface area contributed by atoms with E-state index in [-0.39, 0.29) is 0 Å². The first-order valence-electron chi connectivity index (χ1n) is 8.01. The molecule has 1 aromatic heterocycles. The van der Waals surface area contributed by atoms with Crippen LogP contribution in [0.2, 0.25) is 0 Å². The van der Waals surface area contributed by atoms with Crippen molar-refractivity contribution in [1.82, 2.24) is 15.3 Å². The van der Waals surface area contributed by atoms with Crippen molar-refractivity contribution in [3.63, 3.8) is 0 Å². The van der Waals surface area contributed by atoms with Gasteiger partial charge in [-0.05, 0) is 19.8 Å². The van der Waals surface area contributed by atoms with Gasteiger partial charge < -0.3 is 10.2 Å². The van der Waals surface area contributed by atoms with E-state index in [4.69, 9.17) is 0 Å². The summed E-state index contributed by atoms with van der Waals surface area (Å²) in [4.78, 5) is 11.6. The first-order chi connectivity index (χ1) is 9.70. The molecule has 1 N–H and O–H groups in total. The molecule has 0 radical (unpaired) electrons. The second-order valence-electron chi connectivity index (χ2n) is 5.98. The molecule has 2 rings (SSSR count). The van der Waals surface area contributed by atoms with E-state index in [1.54, 1.807) is 0 Å². The van der Waals surface area contributed by atoms with Crippen molar-refractivity contribution in [2.24, 2.45) is 0 Å². The average molecular weight is 276 g/mol. The van der Waals surface area contributed by atoms with Gasteiger partial charge in [0.1, 0.15) is 5.82 Å². The molecule has 0 bridgehead atoms. The van der Waals surface area contributed by atoms with E-state index in [1.807, 2.05) is 12.4 Å². The fourth-order valence-electron chi connectivity index (χ4n) is 2.90. The first kappa shape index (κ1) is 15.2. The largest absolute Gasteiger partial charge is 0.353 e. The summed E-state index contributed by atoms with van der Waals surface area (Å²) in [5.74, 6) is 1.03. The molecule has 0 spiro atoms. The van der Waals surface area contributed by atoms with Crippen LogP contribution in [0.25, 0.3) is 0 Å². The minimum atomic E-state index is 0.478. The summed E-state index contributed by atoms with van der Waals surface area (Å²) in [5.41, 5.74) is 1.02. The number of hydrogen-bond acceptors (Lipinski definition) is 4. The number of nitrogens with zero attached hydrogens (tertiary/aromatic N) is 3. The fourth-order valence-corrected chi connectivity index (χ4v) is 2.90. The highest BCUT2D eigenvalue weighted by Crippen LogP contribution is 2.25. The summed E-state index contributed by atoms with van der Waals surface area (Å²) < 4.78 is 0.